The number of benzene rings is 1. The lowest BCUT2D eigenvalue weighted by Gasteiger charge is -2.06. The van der Waals surface area contributed by atoms with E-state index in [1.807, 2.05) is 13.8 Å². The molecule has 1 heterocycles. The molecule has 0 unspecified atom stereocenters. The summed E-state index contributed by atoms with van der Waals surface area (Å²) in [5.41, 5.74) is 1.70. The second-order valence-corrected chi connectivity index (χ2v) is 5.15. The smallest absolute Gasteiger partial charge is 0.269 e. The van der Waals surface area contributed by atoms with Gasteiger partial charge < -0.3 is 5.32 Å². The number of amides is 1. The van der Waals surface area contributed by atoms with Gasteiger partial charge in [0.25, 0.3) is 5.91 Å². The first-order valence-electron chi connectivity index (χ1n) is 6.55. The summed E-state index contributed by atoms with van der Waals surface area (Å²) in [6.45, 7) is 4.67. The van der Waals surface area contributed by atoms with Gasteiger partial charge in [0.15, 0.2) is 0 Å². The van der Waals surface area contributed by atoms with E-state index in [1.165, 1.54) is 16.8 Å². The van der Waals surface area contributed by atoms with Crippen molar-refractivity contribution in [3.8, 4) is 11.3 Å². The van der Waals surface area contributed by atoms with E-state index in [4.69, 9.17) is 0 Å². The predicted molar refractivity (Wildman–Crippen MR) is 75.8 cm³/mol. The van der Waals surface area contributed by atoms with Crippen LogP contribution >= 0.6 is 0 Å². The van der Waals surface area contributed by atoms with E-state index in [-0.39, 0.29) is 11.7 Å². The number of aryl methyl sites for hydroxylation is 1. The van der Waals surface area contributed by atoms with Gasteiger partial charge in [0.1, 0.15) is 11.5 Å². The van der Waals surface area contributed by atoms with E-state index in [0.29, 0.717) is 29.4 Å². The Kier molecular flexibility index (Phi) is 4.17. The average molecular weight is 275 g/mol. The molecule has 0 aliphatic carbocycles. The monoisotopic (exact) mass is 275 g/mol. The highest BCUT2D eigenvalue weighted by molar-refractivity contribution is 5.93. The highest BCUT2D eigenvalue weighted by Crippen LogP contribution is 2.19. The first kappa shape index (κ1) is 14.2. The minimum absolute atomic E-state index is 0.170. The fourth-order valence-electron chi connectivity index (χ4n) is 1.86. The molecular weight excluding hydrogens is 257 g/mol. The molecule has 0 saturated carbocycles. The van der Waals surface area contributed by atoms with Gasteiger partial charge in [0.2, 0.25) is 0 Å². The zero-order valence-corrected chi connectivity index (χ0v) is 11.9. The number of rotatable bonds is 4. The van der Waals surface area contributed by atoms with E-state index < -0.39 is 0 Å². The molecule has 0 saturated heterocycles. The van der Waals surface area contributed by atoms with Crippen LogP contribution in [0, 0.1) is 11.7 Å². The largest absolute Gasteiger partial charge is 0.350 e. The molecule has 4 nitrogen and oxygen atoms in total. The quantitative estimate of drug-likeness (QED) is 0.932. The molecule has 106 valence electrons. The highest BCUT2D eigenvalue weighted by Gasteiger charge is 2.14. The van der Waals surface area contributed by atoms with Crippen LogP contribution in [0.1, 0.15) is 24.3 Å². The van der Waals surface area contributed by atoms with Gasteiger partial charge in [0, 0.05) is 19.2 Å². The Labute approximate surface area is 117 Å². The molecule has 0 aliphatic rings. The van der Waals surface area contributed by atoms with Crippen LogP contribution in [0.25, 0.3) is 11.3 Å². The molecule has 0 spiro atoms. The van der Waals surface area contributed by atoms with Crippen molar-refractivity contribution in [1.82, 2.24) is 15.1 Å². The van der Waals surface area contributed by atoms with E-state index in [9.17, 15) is 9.18 Å². The van der Waals surface area contributed by atoms with Crippen molar-refractivity contribution in [2.24, 2.45) is 13.0 Å². The summed E-state index contributed by atoms with van der Waals surface area (Å²) >= 11 is 0. The topological polar surface area (TPSA) is 46.9 Å². The van der Waals surface area contributed by atoms with Crippen LogP contribution in [-0.2, 0) is 7.05 Å². The molecule has 1 amide bonds. The van der Waals surface area contributed by atoms with Crippen LogP contribution in [0.2, 0.25) is 0 Å². The Morgan fingerprint density at radius 1 is 1.40 bits per heavy atom. The van der Waals surface area contributed by atoms with Crippen LogP contribution in [-0.4, -0.2) is 22.2 Å². The molecule has 0 bridgehead atoms. The summed E-state index contributed by atoms with van der Waals surface area (Å²) < 4.78 is 14.7. The second-order valence-electron chi connectivity index (χ2n) is 5.15. The van der Waals surface area contributed by atoms with Crippen LogP contribution in [0.3, 0.4) is 0 Å². The standard InChI is InChI=1S/C15H18FN3O/c1-10(2)9-17-15(20)14-8-13(18-19(14)3)11-5-4-6-12(16)7-11/h4-8,10H,9H2,1-3H3,(H,17,20). The first-order valence-corrected chi connectivity index (χ1v) is 6.55. The number of aromatic nitrogens is 2. The van der Waals surface area contributed by atoms with Crippen molar-refractivity contribution in [2.75, 3.05) is 6.54 Å². The Bertz CT molecular complexity index is 619. The molecule has 0 fully saturated rings. The van der Waals surface area contributed by atoms with Gasteiger partial charge >= 0.3 is 0 Å². The average Bonchev–Trinajstić information content (AvgIpc) is 2.78. The normalized spacial score (nSPS) is 10.8. The van der Waals surface area contributed by atoms with Gasteiger partial charge in [-0.1, -0.05) is 26.0 Å². The maximum Gasteiger partial charge on any atom is 0.269 e. The lowest BCUT2D eigenvalue weighted by molar-refractivity contribution is 0.0939. The van der Waals surface area contributed by atoms with Crippen molar-refractivity contribution in [1.29, 1.82) is 0 Å². The summed E-state index contributed by atoms with van der Waals surface area (Å²) in [5.74, 6) is -0.106. The molecule has 2 aromatic rings. The molecular formula is C15H18FN3O. The summed E-state index contributed by atoms with van der Waals surface area (Å²) in [6, 6.07) is 7.84. The van der Waals surface area contributed by atoms with Gasteiger partial charge in [-0.05, 0) is 24.1 Å². The van der Waals surface area contributed by atoms with Gasteiger partial charge in [0.05, 0.1) is 5.69 Å². The van der Waals surface area contributed by atoms with Crippen LogP contribution in [0.5, 0.6) is 0 Å². The zero-order chi connectivity index (χ0) is 14.7. The Hall–Kier alpha value is -2.17. The molecule has 1 aromatic carbocycles. The van der Waals surface area contributed by atoms with Gasteiger partial charge in [-0.15, -0.1) is 0 Å². The number of carbonyl (C=O) groups excluding carboxylic acids is 1. The molecule has 0 atom stereocenters. The Balaban J connectivity index is 2.23. The number of nitrogens with zero attached hydrogens (tertiary/aromatic N) is 2. The zero-order valence-electron chi connectivity index (χ0n) is 11.9. The maximum atomic E-state index is 13.2. The van der Waals surface area contributed by atoms with Crippen LogP contribution in [0.4, 0.5) is 4.39 Å². The van der Waals surface area contributed by atoms with E-state index >= 15 is 0 Å². The first-order chi connectivity index (χ1) is 9.47. The van der Waals surface area contributed by atoms with Crippen molar-refractivity contribution >= 4 is 5.91 Å². The van der Waals surface area contributed by atoms with Crippen molar-refractivity contribution in [3.63, 3.8) is 0 Å². The third-order valence-corrected chi connectivity index (χ3v) is 2.90. The molecule has 0 aliphatic heterocycles. The summed E-state index contributed by atoms with van der Waals surface area (Å²) in [4.78, 5) is 12.0. The van der Waals surface area contributed by atoms with Crippen molar-refractivity contribution < 1.29 is 9.18 Å². The lowest BCUT2D eigenvalue weighted by Crippen LogP contribution is -2.28. The molecule has 20 heavy (non-hydrogen) atoms. The highest BCUT2D eigenvalue weighted by atomic mass is 19.1. The fraction of sp³-hybridized carbons (Fsp3) is 0.333. The summed E-state index contributed by atoms with van der Waals surface area (Å²) in [6.07, 6.45) is 0. The van der Waals surface area contributed by atoms with Gasteiger partial charge in [-0.2, -0.15) is 5.10 Å². The third kappa shape index (κ3) is 3.23. The third-order valence-electron chi connectivity index (χ3n) is 2.90. The lowest BCUT2D eigenvalue weighted by atomic mass is 10.1. The molecule has 1 N–H and O–H groups in total. The van der Waals surface area contributed by atoms with Gasteiger partial charge in [-0.3, -0.25) is 9.48 Å². The summed E-state index contributed by atoms with van der Waals surface area (Å²) in [5, 5.41) is 7.10. The van der Waals surface area contributed by atoms with E-state index in [2.05, 4.69) is 10.4 Å². The van der Waals surface area contributed by atoms with Crippen molar-refractivity contribution in [3.05, 3.63) is 41.8 Å². The minimum Gasteiger partial charge on any atom is -0.350 e. The molecule has 0 radical (unpaired) electrons. The molecule has 5 heteroatoms. The minimum atomic E-state index is -0.320. The van der Waals surface area contributed by atoms with Crippen molar-refractivity contribution in [2.45, 2.75) is 13.8 Å². The Morgan fingerprint density at radius 3 is 2.80 bits per heavy atom. The second kappa shape index (κ2) is 5.86. The van der Waals surface area contributed by atoms with Gasteiger partial charge in [-0.25, -0.2) is 4.39 Å². The number of halogens is 1. The molecule has 1 aromatic heterocycles. The fourth-order valence-corrected chi connectivity index (χ4v) is 1.86. The maximum absolute atomic E-state index is 13.2. The van der Waals surface area contributed by atoms with E-state index in [1.54, 1.807) is 25.2 Å². The number of hydrogen-bond donors (Lipinski definition) is 1. The number of hydrogen-bond acceptors (Lipinski definition) is 2. The predicted octanol–water partition coefficient (Wildman–Crippen LogP) is 2.61. The number of nitrogens with one attached hydrogen (secondary N) is 1. The van der Waals surface area contributed by atoms with Crippen LogP contribution < -0.4 is 5.32 Å². The van der Waals surface area contributed by atoms with Crippen LogP contribution in [0.15, 0.2) is 30.3 Å². The Morgan fingerprint density at radius 2 is 2.15 bits per heavy atom. The van der Waals surface area contributed by atoms with E-state index in [0.717, 1.165) is 0 Å². The summed E-state index contributed by atoms with van der Waals surface area (Å²) in [7, 11) is 1.70. The SMILES string of the molecule is CC(C)CNC(=O)c1cc(-c2cccc(F)c2)nn1C. The number of carbonyl (C=O) groups is 1. The molecule has 2 rings (SSSR count).